The lowest BCUT2D eigenvalue weighted by atomic mass is 10.3. The van der Waals surface area contributed by atoms with Crippen molar-refractivity contribution in [1.29, 1.82) is 0 Å². The van der Waals surface area contributed by atoms with Gasteiger partial charge in [-0.15, -0.1) is 16.4 Å². The highest BCUT2D eigenvalue weighted by atomic mass is 32.1. The molecular weight excluding hydrogens is 286 g/mol. The summed E-state index contributed by atoms with van der Waals surface area (Å²) < 4.78 is 1.79. The summed E-state index contributed by atoms with van der Waals surface area (Å²) in [7, 11) is 1.83. The molecule has 3 aromatic rings. The van der Waals surface area contributed by atoms with Crippen LogP contribution in [0.2, 0.25) is 0 Å². The number of aromatic nitrogens is 5. The molecule has 110 valence electrons. The SMILES string of the molecule is CCc1cc2c(NCCn3ccnn3)nc(NC)nc2s1. The van der Waals surface area contributed by atoms with Crippen molar-refractivity contribution in [3.63, 3.8) is 0 Å². The van der Waals surface area contributed by atoms with Crippen LogP contribution < -0.4 is 10.6 Å². The van der Waals surface area contributed by atoms with E-state index in [0.717, 1.165) is 35.5 Å². The molecular formula is C13H17N7S. The highest BCUT2D eigenvalue weighted by Gasteiger charge is 2.10. The van der Waals surface area contributed by atoms with Gasteiger partial charge in [-0.3, -0.25) is 4.68 Å². The average Bonchev–Trinajstić information content (AvgIpc) is 3.15. The molecule has 0 aromatic carbocycles. The van der Waals surface area contributed by atoms with Crippen LogP contribution in [0.15, 0.2) is 18.5 Å². The van der Waals surface area contributed by atoms with Crippen molar-refractivity contribution in [2.24, 2.45) is 0 Å². The topological polar surface area (TPSA) is 80.5 Å². The first-order valence-corrected chi connectivity index (χ1v) is 7.68. The van der Waals surface area contributed by atoms with Gasteiger partial charge in [-0.25, -0.2) is 4.98 Å². The van der Waals surface area contributed by atoms with E-state index >= 15 is 0 Å². The molecule has 0 saturated heterocycles. The van der Waals surface area contributed by atoms with E-state index in [9.17, 15) is 0 Å². The zero-order valence-electron chi connectivity index (χ0n) is 12.0. The average molecular weight is 303 g/mol. The molecule has 21 heavy (non-hydrogen) atoms. The molecule has 0 aliphatic carbocycles. The van der Waals surface area contributed by atoms with Crippen molar-refractivity contribution in [3.8, 4) is 0 Å². The Hall–Kier alpha value is -2.22. The summed E-state index contributed by atoms with van der Waals surface area (Å²) in [6.07, 6.45) is 4.53. The van der Waals surface area contributed by atoms with Crippen LogP contribution in [0.5, 0.6) is 0 Å². The quantitative estimate of drug-likeness (QED) is 0.725. The van der Waals surface area contributed by atoms with Crippen molar-refractivity contribution in [2.75, 3.05) is 24.2 Å². The molecule has 0 spiro atoms. The third-order valence-corrected chi connectivity index (χ3v) is 4.29. The largest absolute Gasteiger partial charge is 0.368 e. The molecule has 0 bridgehead atoms. The fourth-order valence-corrected chi connectivity index (χ4v) is 3.00. The molecule has 0 fully saturated rings. The third kappa shape index (κ3) is 2.94. The van der Waals surface area contributed by atoms with Gasteiger partial charge in [0.25, 0.3) is 0 Å². The molecule has 0 radical (unpaired) electrons. The number of aryl methyl sites for hydroxylation is 1. The monoisotopic (exact) mass is 303 g/mol. The lowest BCUT2D eigenvalue weighted by Crippen LogP contribution is -2.12. The van der Waals surface area contributed by atoms with Crippen LogP contribution in [0.1, 0.15) is 11.8 Å². The second-order valence-electron chi connectivity index (χ2n) is 4.52. The Labute approximate surface area is 126 Å². The minimum absolute atomic E-state index is 0.634. The Bertz CT molecular complexity index is 720. The molecule has 3 aromatic heterocycles. The van der Waals surface area contributed by atoms with Crippen LogP contribution in [-0.4, -0.2) is 38.6 Å². The minimum atomic E-state index is 0.634. The highest BCUT2D eigenvalue weighted by molar-refractivity contribution is 7.18. The number of fused-ring (bicyclic) bond motifs is 1. The molecule has 2 N–H and O–H groups in total. The Kier molecular flexibility index (Phi) is 3.96. The molecule has 0 atom stereocenters. The van der Waals surface area contributed by atoms with Gasteiger partial charge in [0, 0.05) is 24.7 Å². The van der Waals surface area contributed by atoms with Gasteiger partial charge in [-0.2, -0.15) is 4.98 Å². The number of rotatable bonds is 6. The molecule has 0 aliphatic rings. The van der Waals surface area contributed by atoms with Crippen molar-refractivity contribution in [1.82, 2.24) is 25.0 Å². The summed E-state index contributed by atoms with van der Waals surface area (Å²) in [6, 6.07) is 2.16. The van der Waals surface area contributed by atoms with Crippen molar-refractivity contribution in [3.05, 3.63) is 23.3 Å². The maximum absolute atomic E-state index is 4.51. The second kappa shape index (κ2) is 6.04. The summed E-state index contributed by atoms with van der Waals surface area (Å²) in [5.74, 6) is 1.50. The normalized spacial score (nSPS) is 11.0. The van der Waals surface area contributed by atoms with Gasteiger partial charge >= 0.3 is 0 Å². The Balaban J connectivity index is 1.83. The number of nitrogens with zero attached hydrogens (tertiary/aromatic N) is 5. The van der Waals surface area contributed by atoms with E-state index in [1.54, 1.807) is 22.2 Å². The lowest BCUT2D eigenvalue weighted by molar-refractivity contribution is 0.608. The van der Waals surface area contributed by atoms with Gasteiger partial charge in [-0.1, -0.05) is 12.1 Å². The summed E-state index contributed by atoms with van der Waals surface area (Å²) in [4.78, 5) is 11.3. The number of hydrogen-bond donors (Lipinski definition) is 2. The van der Waals surface area contributed by atoms with Gasteiger partial charge < -0.3 is 10.6 Å². The van der Waals surface area contributed by atoms with E-state index in [-0.39, 0.29) is 0 Å². The van der Waals surface area contributed by atoms with Crippen molar-refractivity contribution < 1.29 is 0 Å². The molecule has 0 amide bonds. The van der Waals surface area contributed by atoms with E-state index in [0.29, 0.717) is 5.95 Å². The molecule has 3 heterocycles. The van der Waals surface area contributed by atoms with Crippen LogP contribution in [-0.2, 0) is 13.0 Å². The van der Waals surface area contributed by atoms with Gasteiger partial charge in [0.1, 0.15) is 10.6 Å². The van der Waals surface area contributed by atoms with Gasteiger partial charge in [-0.05, 0) is 12.5 Å². The van der Waals surface area contributed by atoms with E-state index in [1.165, 1.54) is 4.88 Å². The maximum atomic E-state index is 4.51. The van der Waals surface area contributed by atoms with E-state index in [2.05, 4.69) is 43.9 Å². The van der Waals surface area contributed by atoms with Crippen molar-refractivity contribution >= 4 is 33.3 Å². The zero-order valence-corrected chi connectivity index (χ0v) is 12.8. The first-order valence-electron chi connectivity index (χ1n) is 6.86. The van der Waals surface area contributed by atoms with Crippen LogP contribution in [0.25, 0.3) is 10.2 Å². The summed E-state index contributed by atoms with van der Waals surface area (Å²) in [6.45, 7) is 3.62. The second-order valence-corrected chi connectivity index (χ2v) is 5.64. The number of nitrogens with one attached hydrogen (secondary N) is 2. The molecule has 3 rings (SSSR count). The predicted molar refractivity (Wildman–Crippen MR) is 84.9 cm³/mol. The van der Waals surface area contributed by atoms with Crippen LogP contribution in [0.4, 0.5) is 11.8 Å². The summed E-state index contributed by atoms with van der Waals surface area (Å²) in [5.41, 5.74) is 0. The minimum Gasteiger partial charge on any atom is -0.368 e. The summed E-state index contributed by atoms with van der Waals surface area (Å²) >= 11 is 1.71. The van der Waals surface area contributed by atoms with Gasteiger partial charge in [0.05, 0.1) is 18.1 Å². The van der Waals surface area contributed by atoms with Crippen molar-refractivity contribution in [2.45, 2.75) is 19.9 Å². The standard InChI is InChI=1S/C13H17N7S/c1-3-9-8-10-11(15-4-6-20-7-5-16-19-20)17-13(14-2)18-12(10)21-9/h5,7-8H,3-4,6H2,1-2H3,(H2,14,15,17,18). The van der Waals surface area contributed by atoms with Crippen LogP contribution >= 0.6 is 11.3 Å². The Morgan fingerprint density at radius 3 is 2.95 bits per heavy atom. The first kappa shape index (κ1) is 13.7. The Morgan fingerprint density at radius 1 is 1.33 bits per heavy atom. The van der Waals surface area contributed by atoms with E-state index in [1.807, 2.05) is 13.2 Å². The molecule has 7 nitrogen and oxygen atoms in total. The third-order valence-electron chi connectivity index (χ3n) is 3.12. The van der Waals surface area contributed by atoms with Gasteiger partial charge in [0.15, 0.2) is 0 Å². The summed E-state index contributed by atoms with van der Waals surface area (Å²) in [5, 5.41) is 15.2. The van der Waals surface area contributed by atoms with Crippen LogP contribution in [0.3, 0.4) is 0 Å². The number of anilines is 2. The van der Waals surface area contributed by atoms with Gasteiger partial charge in [0.2, 0.25) is 5.95 Å². The lowest BCUT2D eigenvalue weighted by Gasteiger charge is -2.08. The molecule has 8 heteroatoms. The van der Waals surface area contributed by atoms with E-state index < -0.39 is 0 Å². The smallest absolute Gasteiger partial charge is 0.225 e. The highest BCUT2D eigenvalue weighted by Crippen LogP contribution is 2.30. The fourth-order valence-electron chi connectivity index (χ4n) is 2.03. The fraction of sp³-hybridized carbons (Fsp3) is 0.385. The zero-order chi connectivity index (χ0) is 14.7. The molecule has 0 saturated carbocycles. The maximum Gasteiger partial charge on any atom is 0.225 e. The molecule has 0 aliphatic heterocycles. The number of hydrogen-bond acceptors (Lipinski definition) is 7. The predicted octanol–water partition coefficient (Wildman–Crippen LogP) is 2.00. The molecule has 0 unspecified atom stereocenters. The van der Waals surface area contributed by atoms with Crippen LogP contribution in [0, 0.1) is 0 Å². The number of thiophene rings is 1. The first-order chi connectivity index (χ1) is 10.3. The Morgan fingerprint density at radius 2 is 2.24 bits per heavy atom. The van der Waals surface area contributed by atoms with E-state index in [4.69, 9.17) is 0 Å².